The third-order valence-corrected chi connectivity index (χ3v) is 4.48. The summed E-state index contributed by atoms with van der Waals surface area (Å²) in [4.78, 5) is 11.7. The van der Waals surface area contributed by atoms with Gasteiger partial charge in [-0.2, -0.15) is 0 Å². The second-order valence-corrected chi connectivity index (χ2v) is 6.54. The van der Waals surface area contributed by atoms with Crippen molar-refractivity contribution < 1.29 is 13.2 Å². The Bertz CT molecular complexity index is 772. The van der Waals surface area contributed by atoms with Crippen molar-refractivity contribution in [2.75, 3.05) is 4.72 Å². The number of carbonyl (C=O) groups is 1. The lowest BCUT2D eigenvalue weighted by Gasteiger charge is -2.09. The Hall–Kier alpha value is -1.85. The zero-order valence-corrected chi connectivity index (χ0v) is 12.9. The number of anilines is 1. The highest BCUT2D eigenvalue weighted by atomic mass is 35.5. The summed E-state index contributed by atoms with van der Waals surface area (Å²) in [5, 5.41) is 0.435. The van der Waals surface area contributed by atoms with E-state index < -0.39 is 10.0 Å². The highest BCUT2D eigenvalue weighted by molar-refractivity contribution is 7.92. The van der Waals surface area contributed by atoms with Crippen molar-refractivity contribution in [2.45, 2.75) is 18.2 Å². The SMILES string of the molecule is CCC(=O)c1cccc(S(=O)(=O)Nc2cccc(Cl)c2)c1. The maximum absolute atomic E-state index is 12.3. The molecule has 2 aromatic carbocycles. The van der Waals surface area contributed by atoms with Crippen molar-refractivity contribution in [3.63, 3.8) is 0 Å². The Balaban J connectivity index is 2.33. The Morgan fingerprint density at radius 3 is 2.52 bits per heavy atom. The smallest absolute Gasteiger partial charge is 0.261 e. The number of carbonyl (C=O) groups excluding carboxylic acids is 1. The van der Waals surface area contributed by atoms with Crippen molar-refractivity contribution >= 4 is 33.1 Å². The van der Waals surface area contributed by atoms with Crippen molar-refractivity contribution in [3.05, 3.63) is 59.1 Å². The van der Waals surface area contributed by atoms with Gasteiger partial charge in [-0.25, -0.2) is 8.42 Å². The number of rotatable bonds is 5. The fourth-order valence-corrected chi connectivity index (χ4v) is 3.09. The Morgan fingerprint density at radius 1 is 1.14 bits per heavy atom. The molecule has 0 aliphatic rings. The number of ketones is 1. The molecule has 110 valence electrons. The van der Waals surface area contributed by atoms with Gasteiger partial charge in [-0.15, -0.1) is 0 Å². The van der Waals surface area contributed by atoms with Gasteiger partial charge in [0, 0.05) is 17.0 Å². The maximum Gasteiger partial charge on any atom is 0.261 e. The minimum atomic E-state index is -3.76. The molecule has 2 aromatic rings. The molecule has 0 amide bonds. The molecule has 0 unspecified atom stereocenters. The van der Waals surface area contributed by atoms with E-state index in [4.69, 9.17) is 11.6 Å². The molecule has 6 heteroatoms. The van der Waals surface area contributed by atoms with Gasteiger partial charge in [0.1, 0.15) is 0 Å². The number of Topliss-reactive ketones (excluding diaryl/α,β-unsaturated/α-hetero) is 1. The van der Waals surface area contributed by atoms with E-state index in [0.29, 0.717) is 22.7 Å². The molecule has 1 N–H and O–H groups in total. The number of hydrogen-bond acceptors (Lipinski definition) is 3. The number of hydrogen-bond donors (Lipinski definition) is 1. The first kappa shape index (κ1) is 15.5. The fraction of sp³-hybridized carbons (Fsp3) is 0.133. The summed E-state index contributed by atoms with van der Waals surface area (Å²) in [6, 6.07) is 12.4. The predicted molar refractivity (Wildman–Crippen MR) is 83.3 cm³/mol. The first-order valence-corrected chi connectivity index (χ1v) is 8.20. The minimum absolute atomic E-state index is 0.0433. The molecule has 0 saturated carbocycles. The minimum Gasteiger partial charge on any atom is -0.294 e. The maximum atomic E-state index is 12.3. The predicted octanol–water partition coefficient (Wildman–Crippen LogP) is 3.73. The third kappa shape index (κ3) is 3.83. The van der Waals surface area contributed by atoms with Crippen LogP contribution in [0.4, 0.5) is 5.69 Å². The van der Waals surface area contributed by atoms with Gasteiger partial charge in [0.2, 0.25) is 0 Å². The lowest BCUT2D eigenvalue weighted by molar-refractivity contribution is 0.0988. The topological polar surface area (TPSA) is 63.2 Å². The summed E-state index contributed by atoms with van der Waals surface area (Å²) in [5.74, 6) is -0.102. The van der Waals surface area contributed by atoms with Crippen LogP contribution in [0.15, 0.2) is 53.4 Å². The van der Waals surface area contributed by atoms with Crippen molar-refractivity contribution in [1.29, 1.82) is 0 Å². The zero-order chi connectivity index (χ0) is 15.5. The average Bonchev–Trinajstić information content (AvgIpc) is 2.46. The summed E-state index contributed by atoms with van der Waals surface area (Å²) in [6.07, 6.45) is 0.325. The molecule has 0 fully saturated rings. The van der Waals surface area contributed by atoms with Gasteiger partial charge in [-0.1, -0.05) is 36.7 Å². The van der Waals surface area contributed by atoms with Crippen molar-refractivity contribution in [1.82, 2.24) is 0 Å². The molecule has 0 aromatic heterocycles. The summed E-state index contributed by atoms with van der Waals surface area (Å²) >= 11 is 5.83. The molecule has 21 heavy (non-hydrogen) atoms. The highest BCUT2D eigenvalue weighted by Gasteiger charge is 2.16. The summed E-state index contributed by atoms with van der Waals surface area (Å²) in [5.41, 5.74) is 0.751. The van der Waals surface area contributed by atoms with E-state index in [1.807, 2.05) is 0 Å². The van der Waals surface area contributed by atoms with E-state index in [1.165, 1.54) is 18.2 Å². The fourth-order valence-electron chi connectivity index (χ4n) is 1.81. The van der Waals surface area contributed by atoms with Crippen LogP contribution in [0.1, 0.15) is 23.7 Å². The summed E-state index contributed by atoms with van der Waals surface area (Å²) in [7, 11) is -3.76. The van der Waals surface area contributed by atoms with Crippen LogP contribution in [0.5, 0.6) is 0 Å². The van der Waals surface area contributed by atoms with Gasteiger partial charge in [-0.3, -0.25) is 9.52 Å². The van der Waals surface area contributed by atoms with Crippen molar-refractivity contribution in [3.8, 4) is 0 Å². The molecule has 0 aliphatic carbocycles. The first-order chi connectivity index (χ1) is 9.92. The second kappa shape index (κ2) is 6.28. The monoisotopic (exact) mass is 323 g/mol. The zero-order valence-electron chi connectivity index (χ0n) is 11.3. The average molecular weight is 324 g/mol. The van der Waals surface area contributed by atoms with Gasteiger partial charge in [-0.05, 0) is 30.3 Å². The lowest BCUT2D eigenvalue weighted by atomic mass is 10.1. The van der Waals surface area contributed by atoms with Gasteiger partial charge >= 0.3 is 0 Å². The van der Waals surface area contributed by atoms with Crippen LogP contribution in [0.2, 0.25) is 5.02 Å². The molecule has 0 radical (unpaired) electrons. The number of halogens is 1. The molecular weight excluding hydrogens is 310 g/mol. The van der Waals surface area contributed by atoms with E-state index in [2.05, 4.69) is 4.72 Å². The van der Waals surface area contributed by atoms with Crippen molar-refractivity contribution in [2.24, 2.45) is 0 Å². The molecule has 0 saturated heterocycles. The van der Waals surface area contributed by atoms with E-state index in [-0.39, 0.29) is 10.7 Å². The molecule has 0 atom stereocenters. The first-order valence-electron chi connectivity index (χ1n) is 6.34. The van der Waals surface area contributed by atoms with E-state index in [1.54, 1.807) is 37.3 Å². The Morgan fingerprint density at radius 2 is 1.86 bits per heavy atom. The van der Waals surface area contributed by atoms with Gasteiger partial charge < -0.3 is 0 Å². The largest absolute Gasteiger partial charge is 0.294 e. The summed E-state index contributed by atoms with van der Waals surface area (Å²) in [6.45, 7) is 1.73. The number of sulfonamides is 1. The molecule has 0 heterocycles. The normalized spacial score (nSPS) is 11.1. The standard InChI is InChI=1S/C15H14ClNO3S/c1-2-15(18)11-5-3-8-14(9-11)21(19,20)17-13-7-4-6-12(16)10-13/h3-10,17H,2H2,1H3. The van der Waals surface area contributed by atoms with Crippen LogP contribution in [-0.4, -0.2) is 14.2 Å². The number of benzene rings is 2. The number of nitrogens with one attached hydrogen (secondary N) is 1. The second-order valence-electron chi connectivity index (χ2n) is 4.42. The quantitative estimate of drug-likeness (QED) is 0.853. The van der Waals surface area contributed by atoms with Crippen LogP contribution < -0.4 is 4.72 Å². The van der Waals surface area contributed by atoms with Crippen LogP contribution in [0.3, 0.4) is 0 Å². The Labute approximate surface area is 128 Å². The van der Waals surface area contributed by atoms with E-state index >= 15 is 0 Å². The van der Waals surface area contributed by atoms with E-state index in [9.17, 15) is 13.2 Å². The lowest BCUT2D eigenvalue weighted by Crippen LogP contribution is -2.13. The van der Waals surface area contributed by atoms with Crippen LogP contribution in [0, 0.1) is 0 Å². The molecular formula is C15H14ClNO3S. The van der Waals surface area contributed by atoms with Crippen LogP contribution in [0.25, 0.3) is 0 Å². The molecule has 0 aliphatic heterocycles. The van der Waals surface area contributed by atoms with Crippen LogP contribution >= 0.6 is 11.6 Å². The summed E-state index contributed by atoms with van der Waals surface area (Å²) < 4.78 is 27.1. The molecule has 0 spiro atoms. The van der Waals surface area contributed by atoms with Crippen LogP contribution in [-0.2, 0) is 10.0 Å². The third-order valence-electron chi connectivity index (χ3n) is 2.86. The molecule has 0 bridgehead atoms. The van der Waals surface area contributed by atoms with E-state index in [0.717, 1.165) is 0 Å². The van der Waals surface area contributed by atoms with Gasteiger partial charge in [0.05, 0.1) is 10.6 Å². The Kier molecular flexibility index (Phi) is 4.65. The molecule has 2 rings (SSSR count). The van der Waals surface area contributed by atoms with Gasteiger partial charge in [0.15, 0.2) is 5.78 Å². The highest BCUT2D eigenvalue weighted by Crippen LogP contribution is 2.20. The molecule has 4 nitrogen and oxygen atoms in total. The van der Waals surface area contributed by atoms with Gasteiger partial charge in [0.25, 0.3) is 10.0 Å².